The Morgan fingerprint density at radius 2 is 1.71 bits per heavy atom. The minimum Gasteiger partial charge on any atom is -0.338 e. The molecule has 21 heavy (non-hydrogen) atoms. The summed E-state index contributed by atoms with van der Waals surface area (Å²) >= 11 is 0. The van der Waals surface area contributed by atoms with E-state index in [0.717, 1.165) is 44.2 Å². The zero-order chi connectivity index (χ0) is 14.5. The lowest BCUT2D eigenvalue weighted by atomic mass is 10.2. The highest BCUT2D eigenvalue weighted by molar-refractivity contribution is 5.31. The van der Waals surface area contributed by atoms with Crippen molar-refractivity contribution in [3.63, 3.8) is 0 Å². The molecule has 0 unspecified atom stereocenters. The van der Waals surface area contributed by atoms with Gasteiger partial charge in [0.05, 0.1) is 0 Å². The minimum absolute atomic E-state index is 0.520. The number of hydrogen-bond donors (Lipinski definition) is 0. The van der Waals surface area contributed by atoms with E-state index in [0.29, 0.717) is 5.69 Å². The summed E-state index contributed by atoms with van der Waals surface area (Å²) in [5, 5.41) is 9.08. The Balaban J connectivity index is 1.60. The first-order valence-corrected chi connectivity index (χ1v) is 6.95. The fraction of sp³-hybridized carbons (Fsp3) is 0.333. The molecule has 2 aromatic rings. The molecule has 0 N–H and O–H groups in total. The van der Waals surface area contributed by atoms with Crippen LogP contribution in [0.5, 0.6) is 0 Å². The Morgan fingerprint density at radius 1 is 1.00 bits per heavy atom. The molecule has 0 amide bonds. The van der Waals surface area contributed by atoms with E-state index in [1.54, 1.807) is 18.6 Å². The van der Waals surface area contributed by atoms with Gasteiger partial charge in [0.2, 0.25) is 5.95 Å². The van der Waals surface area contributed by atoms with Crippen LogP contribution in [0.15, 0.2) is 36.8 Å². The highest BCUT2D eigenvalue weighted by Gasteiger charge is 2.19. The third-order valence-corrected chi connectivity index (χ3v) is 3.60. The van der Waals surface area contributed by atoms with Crippen molar-refractivity contribution in [1.29, 1.82) is 5.26 Å². The van der Waals surface area contributed by atoms with Crippen molar-refractivity contribution in [2.45, 2.75) is 6.54 Å². The Hall–Kier alpha value is -2.52. The lowest BCUT2D eigenvalue weighted by Crippen LogP contribution is -2.46. The van der Waals surface area contributed by atoms with E-state index < -0.39 is 0 Å². The number of nitrogens with zero attached hydrogens (tertiary/aromatic N) is 6. The van der Waals surface area contributed by atoms with Gasteiger partial charge in [0.25, 0.3) is 0 Å². The van der Waals surface area contributed by atoms with Crippen LogP contribution in [0.3, 0.4) is 0 Å². The molecule has 1 aliphatic rings. The number of hydrogen-bond acceptors (Lipinski definition) is 6. The molecule has 1 fully saturated rings. The maximum absolute atomic E-state index is 9.08. The van der Waals surface area contributed by atoms with E-state index in [4.69, 9.17) is 5.26 Å². The maximum Gasteiger partial charge on any atom is 0.225 e. The Morgan fingerprint density at radius 3 is 2.43 bits per heavy atom. The first-order valence-electron chi connectivity index (χ1n) is 6.95. The van der Waals surface area contributed by atoms with Crippen LogP contribution in [0.25, 0.3) is 0 Å². The van der Waals surface area contributed by atoms with Crippen LogP contribution in [0.2, 0.25) is 0 Å². The first kappa shape index (κ1) is 13.5. The van der Waals surface area contributed by atoms with Gasteiger partial charge in [-0.05, 0) is 12.1 Å². The molecular weight excluding hydrogens is 264 g/mol. The predicted molar refractivity (Wildman–Crippen MR) is 78.5 cm³/mol. The van der Waals surface area contributed by atoms with Crippen LogP contribution in [-0.2, 0) is 6.54 Å². The molecule has 0 bridgehead atoms. The van der Waals surface area contributed by atoms with E-state index >= 15 is 0 Å². The van der Waals surface area contributed by atoms with E-state index in [1.165, 1.54) is 0 Å². The van der Waals surface area contributed by atoms with Crippen molar-refractivity contribution in [1.82, 2.24) is 19.9 Å². The molecule has 1 aliphatic heterocycles. The number of rotatable bonds is 3. The van der Waals surface area contributed by atoms with E-state index in [2.05, 4.69) is 30.8 Å². The average molecular weight is 280 g/mol. The molecule has 1 saturated heterocycles. The largest absolute Gasteiger partial charge is 0.338 e. The molecule has 6 heteroatoms. The van der Waals surface area contributed by atoms with E-state index in [9.17, 15) is 0 Å². The number of aromatic nitrogens is 3. The van der Waals surface area contributed by atoms with Gasteiger partial charge >= 0.3 is 0 Å². The fourth-order valence-electron chi connectivity index (χ4n) is 2.47. The lowest BCUT2D eigenvalue weighted by molar-refractivity contribution is 0.248. The van der Waals surface area contributed by atoms with Gasteiger partial charge in [-0.2, -0.15) is 5.26 Å². The summed E-state index contributed by atoms with van der Waals surface area (Å²) in [5.74, 6) is 0.788. The van der Waals surface area contributed by atoms with Crippen LogP contribution in [0.1, 0.15) is 11.3 Å². The van der Waals surface area contributed by atoms with Crippen molar-refractivity contribution >= 4 is 5.95 Å². The Kier molecular flexibility index (Phi) is 4.03. The fourth-order valence-corrected chi connectivity index (χ4v) is 2.47. The van der Waals surface area contributed by atoms with Crippen molar-refractivity contribution < 1.29 is 0 Å². The molecule has 0 saturated carbocycles. The van der Waals surface area contributed by atoms with Crippen molar-refractivity contribution in [2.24, 2.45) is 0 Å². The molecule has 2 aromatic heterocycles. The van der Waals surface area contributed by atoms with Gasteiger partial charge in [0, 0.05) is 56.9 Å². The average Bonchev–Trinajstić information content (AvgIpc) is 2.57. The number of anilines is 1. The minimum atomic E-state index is 0.520. The van der Waals surface area contributed by atoms with Crippen LogP contribution < -0.4 is 4.90 Å². The van der Waals surface area contributed by atoms with E-state index in [1.807, 2.05) is 18.2 Å². The predicted octanol–water partition coefficient (Wildman–Crippen LogP) is 1.07. The monoisotopic (exact) mass is 280 g/mol. The first-order chi connectivity index (χ1) is 10.4. The summed E-state index contributed by atoms with van der Waals surface area (Å²) in [6.07, 6.45) is 5.19. The molecule has 0 spiro atoms. The maximum atomic E-state index is 9.08. The Labute approximate surface area is 123 Å². The van der Waals surface area contributed by atoms with Crippen LogP contribution in [0, 0.1) is 11.3 Å². The highest BCUT2D eigenvalue weighted by atomic mass is 15.3. The summed E-state index contributed by atoms with van der Waals surface area (Å²) < 4.78 is 0. The lowest BCUT2D eigenvalue weighted by Gasteiger charge is -2.34. The van der Waals surface area contributed by atoms with Gasteiger partial charge in [0.15, 0.2) is 0 Å². The second-order valence-corrected chi connectivity index (χ2v) is 4.93. The topological polar surface area (TPSA) is 68.9 Å². The summed E-state index contributed by atoms with van der Waals surface area (Å²) in [7, 11) is 0. The summed E-state index contributed by atoms with van der Waals surface area (Å²) in [5.41, 5.74) is 1.51. The highest BCUT2D eigenvalue weighted by Crippen LogP contribution is 2.13. The van der Waals surface area contributed by atoms with Gasteiger partial charge in [-0.3, -0.25) is 4.90 Å². The second kappa shape index (κ2) is 6.29. The third kappa shape index (κ3) is 3.15. The number of pyridine rings is 1. The zero-order valence-corrected chi connectivity index (χ0v) is 11.7. The van der Waals surface area contributed by atoms with E-state index in [-0.39, 0.29) is 0 Å². The van der Waals surface area contributed by atoms with Crippen molar-refractivity contribution in [2.75, 3.05) is 31.1 Å². The third-order valence-electron chi connectivity index (χ3n) is 3.60. The van der Waals surface area contributed by atoms with Crippen LogP contribution >= 0.6 is 0 Å². The molecule has 3 rings (SSSR count). The van der Waals surface area contributed by atoms with Gasteiger partial charge in [-0.15, -0.1) is 0 Å². The summed E-state index contributed by atoms with van der Waals surface area (Å²) in [6.45, 7) is 4.41. The van der Waals surface area contributed by atoms with Gasteiger partial charge in [-0.25, -0.2) is 15.0 Å². The molecule has 3 heterocycles. The van der Waals surface area contributed by atoms with Crippen LogP contribution in [0.4, 0.5) is 5.95 Å². The summed E-state index contributed by atoms with van der Waals surface area (Å²) in [6, 6.07) is 7.83. The van der Waals surface area contributed by atoms with Crippen LogP contribution in [-0.4, -0.2) is 46.0 Å². The second-order valence-electron chi connectivity index (χ2n) is 4.93. The molecule has 106 valence electrons. The molecule has 0 aliphatic carbocycles. The summed E-state index contributed by atoms with van der Waals surface area (Å²) in [4.78, 5) is 17.2. The SMILES string of the molecule is N#Cc1ncccc1CN1CCN(c2ncccn2)CC1. The molecular formula is C15H16N6. The van der Waals surface area contributed by atoms with Gasteiger partial charge in [-0.1, -0.05) is 6.07 Å². The molecule has 0 atom stereocenters. The normalized spacial score (nSPS) is 15.7. The molecule has 0 aromatic carbocycles. The number of piperazine rings is 1. The molecule has 6 nitrogen and oxygen atoms in total. The zero-order valence-electron chi connectivity index (χ0n) is 11.7. The molecule has 0 radical (unpaired) electrons. The van der Waals surface area contributed by atoms with Gasteiger partial charge in [0.1, 0.15) is 11.8 Å². The number of nitriles is 1. The standard InChI is InChI=1S/C15H16N6/c16-11-14-13(3-1-4-17-14)12-20-7-9-21(10-8-20)15-18-5-2-6-19-15/h1-6H,7-10,12H2. The van der Waals surface area contributed by atoms with Crippen molar-refractivity contribution in [3.8, 4) is 6.07 Å². The quantitative estimate of drug-likeness (QED) is 0.837. The smallest absolute Gasteiger partial charge is 0.225 e. The Bertz CT molecular complexity index is 628. The van der Waals surface area contributed by atoms with Crippen molar-refractivity contribution in [3.05, 3.63) is 48.0 Å². The van der Waals surface area contributed by atoms with Gasteiger partial charge < -0.3 is 4.90 Å².